The number of carboxylic acid groups (broad SMARTS) is 1. The van der Waals surface area contributed by atoms with Crippen LogP contribution in [0, 0.1) is 0 Å². The Morgan fingerprint density at radius 1 is 1.07 bits per heavy atom. The third-order valence-corrected chi connectivity index (χ3v) is 3.89. The highest BCUT2D eigenvalue weighted by Gasteiger charge is 2.19. The van der Waals surface area contributed by atoms with Crippen molar-refractivity contribution in [1.82, 2.24) is 5.32 Å². The molecule has 0 spiro atoms. The zero-order valence-electron chi connectivity index (χ0n) is 15.1. The van der Waals surface area contributed by atoms with Crippen molar-refractivity contribution in [1.29, 1.82) is 0 Å². The van der Waals surface area contributed by atoms with Crippen LogP contribution in [0.1, 0.15) is 24.8 Å². The van der Waals surface area contributed by atoms with Crippen LogP contribution >= 0.6 is 0 Å². The Labute approximate surface area is 158 Å². The van der Waals surface area contributed by atoms with Gasteiger partial charge in [0, 0.05) is 11.8 Å². The smallest absolute Gasteiger partial charge is 0.326 e. The van der Waals surface area contributed by atoms with Gasteiger partial charge in [0.1, 0.15) is 18.4 Å². The average molecular weight is 371 g/mol. The lowest BCUT2D eigenvalue weighted by atomic mass is 10.1. The molecule has 0 fully saturated rings. The summed E-state index contributed by atoms with van der Waals surface area (Å²) in [4.78, 5) is 23.4. The Balaban J connectivity index is 1.88. The van der Waals surface area contributed by atoms with Crippen molar-refractivity contribution in [2.45, 2.75) is 31.9 Å². The number of rotatable bonds is 10. The maximum absolute atomic E-state index is 12.1. The summed E-state index contributed by atoms with van der Waals surface area (Å²) in [6.07, 6.45) is 1.69. The molecule has 27 heavy (non-hydrogen) atoms. The number of hydrogen-bond acceptors (Lipinski definition) is 4. The monoisotopic (exact) mass is 371 g/mol. The van der Waals surface area contributed by atoms with Crippen molar-refractivity contribution in [2.24, 2.45) is 5.73 Å². The number of anilines is 1. The molecular formula is C20H25N3O4. The van der Waals surface area contributed by atoms with E-state index >= 15 is 0 Å². The fourth-order valence-corrected chi connectivity index (χ4v) is 2.48. The number of benzene rings is 2. The molecule has 0 heterocycles. The molecule has 0 radical (unpaired) electrons. The SMILES string of the molecule is NCCCC[C@@H](NC(=O)Nc1cccc(OCc2ccccc2)c1)C(=O)O. The van der Waals surface area contributed by atoms with Gasteiger partial charge >= 0.3 is 12.0 Å². The first-order valence-electron chi connectivity index (χ1n) is 8.85. The molecule has 2 aromatic rings. The Morgan fingerprint density at radius 3 is 2.56 bits per heavy atom. The van der Waals surface area contributed by atoms with Crippen molar-refractivity contribution < 1.29 is 19.4 Å². The van der Waals surface area contributed by atoms with Crippen LogP contribution in [-0.4, -0.2) is 29.7 Å². The summed E-state index contributed by atoms with van der Waals surface area (Å²) in [5.41, 5.74) is 6.97. The lowest BCUT2D eigenvalue weighted by molar-refractivity contribution is -0.139. The van der Waals surface area contributed by atoms with Crippen LogP contribution < -0.4 is 21.1 Å². The minimum Gasteiger partial charge on any atom is -0.489 e. The first kappa shape index (κ1) is 20.3. The second-order valence-electron chi connectivity index (χ2n) is 6.08. The highest BCUT2D eigenvalue weighted by atomic mass is 16.5. The number of carbonyl (C=O) groups excluding carboxylic acids is 1. The summed E-state index contributed by atoms with van der Waals surface area (Å²) < 4.78 is 5.72. The van der Waals surface area contributed by atoms with E-state index in [1.54, 1.807) is 24.3 Å². The summed E-state index contributed by atoms with van der Waals surface area (Å²) in [6, 6.07) is 15.2. The lowest BCUT2D eigenvalue weighted by Crippen LogP contribution is -2.43. The Kier molecular flexibility index (Phi) is 8.12. The molecule has 7 nitrogen and oxygen atoms in total. The Hall–Kier alpha value is -3.06. The first-order chi connectivity index (χ1) is 13.1. The van der Waals surface area contributed by atoms with E-state index in [0.717, 1.165) is 5.56 Å². The van der Waals surface area contributed by atoms with Gasteiger partial charge in [0.25, 0.3) is 0 Å². The van der Waals surface area contributed by atoms with Gasteiger partial charge in [-0.25, -0.2) is 9.59 Å². The zero-order chi connectivity index (χ0) is 19.5. The lowest BCUT2D eigenvalue weighted by Gasteiger charge is -2.15. The number of urea groups is 1. The van der Waals surface area contributed by atoms with Crippen LogP contribution in [-0.2, 0) is 11.4 Å². The molecule has 7 heteroatoms. The van der Waals surface area contributed by atoms with Crippen molar-refractivity contribution in [3.8, 4) is 5.75 Å². The Bertz CT molecular complexity index is 737. The van der Waals surface area contributed by atoms with E-state index in [1.807, 2.05) is 30.3 Å². The molecule has 5 N–H and O–H groups in total. The van der Waals surface area contributed by atoms with Gasteiger partial charge in [-0.3, -0.25) is 0 Å². The van der Waals surface area contributed by atoms with Gasteiger partial charge in [-0.05, 0) is 43.5 Å². The number of carboxylic acids is 1. The van der Waals surface area contributed by atoms with Crippen LogP contribution in [0.4, 0.5) is 10.5 Å². The van der Waals surface area contributed by atoms with Gasteiger partial charge in [0.2, 0.25) is 0 Å². The van der Waals surface area contributed by atoms with Gasteiger partial charge in [-0.15, -0.1) is 0 Å². The molecular weight excluding hydrogens is 346 g/mol. The summed E-state index contributed by atoms with van der Waals surface area (Å²) >= 11 is 0. The topological polar surface area (TPSA) is 114 Å². The molecule has 0 bridgehead atoms. The molecule has 0 aliphatic heterocycles. The second-order valence-corrected chi connectivity index (χ2v) is 6.08. The highest BCUT2D eigenvalue weighted by molar-refractivity contribution is 5.92. The summed E-state index contributed by atoms with van der Waals surface area (Å²) in [6.45, 7) is 0.910. The largest absolute Gasteiger partial charge is 0.489 e. The molecule has 0 aliphatic carbocycles. The van der Waals surface area contributed by atoms with Gasteiger partial charge in [-0.2, -0.15) is 0 Å². The maximum Gasteiger partial charge on any atom is 0.326 e. The molecule has 0 saturated heterocycles. The number of nitrogens with one attached hydrogen (secondary N) is 2. The number of aliphatic carboxylic acids is 1. The predicted molar refractivity (Wildman–Crippen MR) is 104 cm³/mol. The number of nitrogens with two attached hydrogens (primary N) is 1. The van der Waals surface area contributed by atoms with Crippen molar-refractivity contribution in [3.63, 3.8) is 0 Å². The fourth-order valence-electron chi connectivity index (χ4n) is 2.48. The summed E-state index contributed by atoms with van der Waals surface area (Å²) in [5, 5.41) is 14.3. The van der Waals surface area contributed by atoms with Gasteiger partial charge in [-0.1, -0.05) is 36.4 Å². The van der Waals surface area contributed by atoms with E-state index in [9.17, 15) is 14.7 Å². The number of amides is 2. The molecule has 0 saturated carbocycles. The average Bonchev–Trinajstić information content (AvgIpc) is 2.67. The number of carbonyl (C=O) groups is 2. The maximum atomic E-state index is 12.1. The Morgan fingerprint density at radius 2 is 1.85 bits per heavy atom. The van der Waals surface area contributed by atoms with E-state index in [0.29, 0.717) is 43.9 Å². The van der Waals surface area contributed by atoms with Crippen LogP contribution in [0.5, 0.6) is 5.75 Å². The van der Waals surface area contributed by atoms with Crippen LogP contribution in [0.25, 0.3) is 0 Å². The molecule has 1 atom stereocenters. The number of ether oxygens (including phenoxy) is 1. The predicted octanol–water partition coefficient (Wildman–Crippen LogP) is 2.97. The van der Waals surface area contributed by atoms with Crippen LogP contribution in [0.15, 0.2) is 54.6 Å². The second kappa shape index (κ2) is 10.8. The molecule has 2 rings (SSSR count). The van der Waals surface area contributed by atoms with E-state index in [1.165, 1.54) is 0 Å². The van der Waals surface area contributed by atoms with Gasteiger partial charge in [0.15, 0.2) is 0 Å². The molecule has 0 aromatic heterocycles. The van der Waals surface area contributed by atoms with E-state index in [4.69, 9.17) is 10.5 Å². The summed E-state index contributed by atoms with van der Waals surface area (Å²) in [5.74, 6) is -0.462. The van der Waals surface area contributed by atoms with Crippen molar-refractivity contribution >= 4 is 17.7 Å². The van der Waals surface area contributed by atoms with E-state index in [2.05, 4.69) is 10.6 Å². The van der Waals surface area contributed by atoms with E-state index in [-0.39, 0.29) is 0 Å². The zero-order valence-corrected chi connectivity index (χ0v) is 15.1. The van der Waals surface area contributed by atoms with Crippen LogP contribution in [0.3, 0.4) is 0 Å². The minimum atomic E-state index is -1.07. The normalized spacial score (nSPS) is 11.4. The van der Waals surface area contributed by atoms with E-state index < -0.39 is 18.0 Å². The van der Waals surface area contributed by atoms with Crippen LogP contribution in [0.2, 0.25) is 0 Å². The molecule has 2 amide bonds. The van der Waals surface area contributed by atoms with Crippen molar-refractivity contribution in [3.05, 3.63) is 60.2 Å². The van der Waals surface area contributed by atoms with Crippen molar-refractivity contribution in [2.75, 3.05) is 11.9 Å². The third kappa shape index (κ3) is 7.37. The first-order valence-corrected chi connectivity index (χ1v) is 8.85. The molecule has 2 aromatic carbocycles. The number of hydrogen-bond donors (Lipinski definition) is 4. The van der Waals surface area contributed by atoms with Gasteiger partial charge in [0.05, 0.1) is 0 Å². The fraction of sp³-hybridized carbons (Fsp3) is 0.300. The summed E-state index contributed by atoms with van der Waals surface area (Å²) in [7, 11) is 0. The molecule has 0 unspecified atom stereocenters. The molecule has 0 aliphatic rings. The highest BCUT2D eigenvalue weighted by Crippen LogP contribution is 2.18. The number of unbranched alkanes of at least 4 members (excludes halogenated alkanes) is 1. The molecule has 144 valence electrons. The minimum absolute atomic E-state index is 0.334. The third-order valence-electron chi connectivity index (χ3n) is 3.89. The standard InChI is InChI=1S/C20H25N3O4/c21-12-5-4-11-18(19(24)25)23-20(26)22-16-9-6-10-17(13-16)27-14-15-7-2-1-3-8-15/h1-3,6-10,13,18H,4-5,11-12,14,21H2,(H,24,25)(H2,22,23,26)/t18-/m1/s1. The van der Waals surface area contributed by atoms with Gasteiger partial charge < -0.3 is 26.2 Å². The quantitative estimate of drug-likeness (QED) is 0.480.